The van der Waals surface area contributed by atoms with E-state index in [0.29, 0.717) is 24.9 Å². The Bertz CT molecular complexity index is 1290. The maximum absolute atomic E-state index is 13.3. The lowest BCUT2D eigenvalue weighted by molar-refractivity contribution is -0.116. The van der Waals surface area contributed by atoms with Gasteiger partial charge in [0.2, 0.25) is 5.91 Å². The van der Waals surface area contributed by atoms with Crippen LogP contribution in [0.1, 0.15) is 81.6 Å². The monoisotopic (exact) mass is 585 g/mol. The Labute approximate surface area is 244 Å². The third-order valence-electron chi connectivity index (χ3n) is 7.65. The van der Waals surface area contributed by atoms with E-state index >= 15 is 0 Å². The molecule has 1 saturated heterocycles. The summed E-state index contributed by atoms with van der Waals surface area (Å²) in [6, 6.07) is 11.5. The van der Waals surface area contributed by atoms with E-state index in [0.717, 1.165) is 76.0 Å². The van der Waals surface area contributed by atoms with Crippen LogP contribution in [-0.2, 0) is 26.1 Å². The van der Waals surface area contributed by atoms with Gasteiger partial charge < -0.3 is 14.4 Å². The average Bonchev–Trinajstić information content (AvgIpc) is 2.93. The number of hydrogen-bond donors (Lipinski definition) is 1. The second-order valence-electron chi connectivity index (χ2n) is 11.2. The molecule has 0 atom stereocenters. The molecule has 2 aromatic carbocycles. The molecular formula is C31H43N3O6S. The van der Waals surface area contributed by atoms with Crippen molar-refractivity contribution in [2.24, 2.45) is 0 Å². The molecule has 2 aromatic rings. The molecule has 0 unspecified atom stereocenters. The maximum Gasteiger partial charge on any atom is 0.265 e. The second kappa shape index (κ2) is 14.3. The van der Waals surface area contributed by atoms with E-state index in [9.17, 15) is 18.0 Å². The number of nitrogens with zero attached hydrogens (tertiary/aromatic N) is 2. The van der Waals surface area contributed by atoms with Gasteiger partial charge in [0, 0.05) is 50.5 Å². The van der Waals surface area contributed by atoms with Crippen molar-refractivity contribution in [3.05, 3.63) is 53.6 Å². The zero-order valence-corrected chi connectivity index (χ0v) is 25.3. The minimum Gasteiger partial charge on any atom is -0.491 e. The molecule has 0 bridgehead atoms. The summed E-state index contributed by atoms with van der Waals surface area (Å²) in [4.78, 5) is 30.2. The molecule has 0 spiro atoms. The van der Waals surface area contributed by atoms with E-state index in [2.05, 4.69) is 9.62 Å². The topological polar surface area (TPSA) is 105 Å². The van der Waals surface area contributed by atoms with Crippen LogP contribution >= 0.6 is 0 Å². The van der Waals surface area contributed by atoms with E-state index in [-0.39, 0.29) is 22.5 Å². The number of ether oxygens (including phenoxy) is 2. The lowest BCUT2D eigenvalue weighted by Gasteiger charge is -2.36. The Morgan fingerprint density at radius 3 is 2.27 bits per heavy atom. The first-order valence-electron chi connectivity index (χ1n) is 14.7. The predicted octanol–water partition coefficient (Wildman–Crippen LogP) is 4.89. The van der Waals surface area contributed by atoms with Gasteiger partial charge >= 0.3 is 0 Å². The number of benzene rings is 2. The van der Waals surface area contributed by atoms with Crippen LogP contribution in [0.15, 0.2) is 47.4 Å². The summed E-state index contributed by atoms with van der Waals surface area (Å²) in [6.07, 6.45) is 7.15. The summed E-state index contributed by atoms with van der Waals surface area (Å²) >= 11 is 0. The fourth-order valence-electron chi connectivity index (χ4n) is 5.55. The van der Waals surface area contributed by atoms with Crippen LogP contribution in [0, 0.1) is 0 Å². The van der Waals surface area contributed by atoms with Crippen LogP contribution in [-0.4, -0.2) is 63.6 Å². The number of rotatable bonds is 6. The van der Waals surface area contributed by atoms with E-state index in [1.54, 1.807) is 42.2 Å². The van der Waals surface area contributed by atoms with E-state index in [1.807, 2.05) is 13.8 Å². The Kier molecular flexibility index (Phi) is 10.8. The molecule has 4 rings (SSSR count). The zero-order chi connectivity index (χ0) is 29.4. The summed E-state index contributed by atoms with van der Waals surface area (Å²) < 4.78 is 39.5. The van der Waals surface area contributed by atoms with Crippen molar-refractivity contribution in [3.63, 3.8) is 0 Å². The fourth-order valence-corrected chi connectivity index (χ4v) is 6.52. The highest BCUT2D eigenvalue weighted by molar-refractivity contribution is 7.90. The minimum absolute atomic E-state index is 0.0262. The number of hydrogen-bond acceptors (Lipinski definition) is 7. The van der Waals surface area contributed by atoms with Gasteiger partial charge in [-0.1, -0.05) is 19.3 Å². The molecule has 0 aliphatic carbocycles. The van der Waals surface area contributed by atoms with Crippen LogP contribution in [0.25, 0.3) is 0 Å². The van der Waals surface area contributed by atoms with Crippen LogP contribution in [0.3, 0.4) is 0 Å². The molecular weight excluding hydrogens is 542 g/mol. The van der Waals surface area contributed by atoms with Crippen LogP contribution in [0.5, 0.6) is 5.75 Å². The van der Waals surface area contributed by atoms with Crippen molar-refractivity contribution in [2.45, 2.75) is 89.3 Å². The van der Waals surface area contributed by atoms with Crippen molar-refractivity contribution in [3.8, 4) is 5.75 Å². The van der Waals surface area contributed by atoms with Crippen molar-refractivity contribution in [2.75, 3.05) is 31.2 Å². The van der Waals surface area contributed by atoms with Crippen molar-refractivity contribution >= 4 is 27.5 Å². The number of carbonyl (C=O) groups is 2. The molecule has 0 saturated carbocycles. The van der Waals surface area contributed by atoms with Crippen LogP contribution in [0.2, 0.25) is 0 Å². The first kappa shape index (κ1) is 31.0. The molecule has 0 aromatic heterocycles. The van der Waals surface area contributed by atoms with E-state index in [1.165, 1.54) is 12.1 Å². The summed E-state index contributed by atoms with van der Waals surface area (Å²) in [6.45, 7) is 8.87. The smallest absolute Gasteiger partial charge is 0.265 e. The third kappa shape index (κ3) is 8.53. The summed E-state index contributed by atoms with van der Waals surface area (Å²) in [5.74, 6) is -0.215. The van der Waals surface area contributed by atoms with Gasteiger partial charge in [-0.15, -0.1) is 0 Å². The molecule has 9 nitrogen and oxygen atoms in total. The zero-order valence-electron chi connectivity index (χ0n) is 24.4. The largest absolute Gasteiger partial charge is 0.491 e. The molecule has 0 radical (unpaired) electrons. The summed E-state index contributed by atoms with van der Waals surface area (Å²) in [5, 5.41) is 0. The predicted molar refractivity (Wildman–Crippen MR) is 159 cm³/mol. The second-order valence-corrected chi connectivity index (χ2v) is 12.9. The standard InChI is InChI=1S/C31H43N3O6S/c1-23(2)40-28-10-12-29(13-11-28)41(37,38)32-31(36)25-9-14-30-26(21-25)22-33(27-15-19-39-20-16-27)17-7-5-4-6-8-18-34(30)24(3)35/h9-14,21,23,27H,4-8,15-20,22H2,1-3H3,(H,32,36). The molecule has 224 valence electrons. The maximum atomic E-state index is 13.3. The first-order valence-corrected chi connectivity index (χ1v) is 16.2. The van der Waals surface area contributed by atoms with Gasteiger partial charge in [0.05, 0.1) is 11.0 Å². The fraction of sp³-hybridized carbons (Fsp3) is 0.548. The number of anilines is 1. The molecule has 2 aliphatic rings. The van der Waals surface area contributed by atoms with Gasteiger partial charge in [-0.2, -0.15) is 0 Å². The van der Waals surface area contributed by atoms with Gasteiger partial charge in [0.25, 0.3) is 15.9 Å². The average molecular weight is 586 g/mol. The first-order chi connectivity index (χ1) is 19.6. The van der Waals surface area contributed by atoms with Crippen molar-refractivity contribution in [1.82, 2.24) is 9.62 Å². The lowest BCUT2D eigenvalue weighted by atomic mass is 10.0. The van der Waals surface area contributed by atoms with E-state index < -0.39 is 15.9 Å². The number of nitrogens with one attached hydrogen (secondary N) is 1. The van der Waals surface area contributed by atoms with Crippen molar-refractivity contribution in [1.29, 1.82) is 0 Å². The van der Waals surface area contributed by atoms with Gasteiger partial charge in [-0.25, -0.2) is 13.1 Å². The molecule has 2 heterocycles. The SMILES string of the molecule is CC(=O)N1CCCCCCCN(C2CCOCC2)Cc2cc(C(=O)NS(=O)(=O)c3ccc(OC(C)C)cc3)ccc21. The summed E-state index contributed by atoms with van der Waals surface area (Å²) in [7, 11) is -4.10. The lowest BCUT2D eigenvalue weighted by Crippen LogP contribution is -2.40. The normalized spacial score (nSPS) is 18.2. The Morgan fingerprint density at radius 2 is 1.61 bits per heavy atom. The highest BCUT2D eigenvalue weighted by Gasteiger charge is 2.26. The quantitative estimate of drug-likeness (QED) is 0.515. The Balaban J connectivity index is 1.62. The van der Waals surface area contributed by atoms with Gasteiger partial charge in [0.1, 0.15) is 5.75 Å². The number of amides is 2. The van der Waals surface area contributed by atoms with Crippen LogP contribution < -0.4 is 14.4 Å². The Morgan fingerprint density at radius 1 is 0.951 bits per heavy atom. The van der Waals surface area contributed by atoms with Crippen molar-refractivity contribution < 1.29 is 27.5 Å². The highest BCUT2D eigenvalue weighted by Crippen LogP contribution is 2.28. The third-order valence-corrected chi connectivity index (χ3v) is 9.00. The Hall–Kier alpha value is -2.95. The number of fused-ring (bicyclic) bond motifs is 1. The molecule has 41 heavy (non-hydrogen) atoms. The summed E-state index contributed by atoms with van der Waals surface area (Å²) in [5.41, 5.74) is 1.84. The minimum atomic E-state index is -4.10. The molecule has 2 amide bonds. The molecule has 1 fully saturated rings. The van der Waals surface area contributed by atoms with Gasteiger partial charge in [0.15, 0.2) is 0 Å². The number of carbonyl (C=O) groups excluding carboxylic acids is 2. The molecule has 10 heteroatoms. The number of sulfonamides is 1. The van der Waals surface area contributed by atoms with Crippen LogP contribution in [0.4, 0.5) is 5.69 Å². The van der Waals surface area contributed by atoms with Gasteiger partial charge in [-0.05, 0) is 94.1 Å². The molecule has 1 N–H and O–H groups in total. The highest BCUT2D eigenvalue weighted by atomic mass is 32.2. The van der Waals surface area contributed by atoms with Gasteiger partial charge in [-0.3, -0.25) is 14.5 Å². The van der Waals surface area contributed by atoms with E-state index in [4.69, 9.17) is 9.47 Å². The molecule has 2 aliphatic heterocycles.